The predicted molar refractivity (Wildman–Crippen MR) is 92.9 cm³/mol. The van der Waals surface area contributed by atoms with Crippen LogP contribution < -0.4 is 0 Å². The Morgan fingerprint density at radius 2 is 1.22 bits per heavy atom. The molecule has 0 unspecified atom stereocenters. The molecule has 0 spiro atoms. The molecule has 0 atom stereocenters. The number of cyclic esters (lactones) is 3. The zero-order chi connectivity index (χ0) is 20.2. The van der Waals surface area contributed by atoms with Gasteiger partial charge in [-0.15, -0.1) is 0 Å². The van der Waals surface area contributed by atoms with Gasteiger partial charge in [0.2, 0.25) is 0 Å². The third kappa shape index (κ3) is 3.99. The molecule has 8 heteroatoms. The van der Waals surface area contributed by atoms with Crippen LogP contribution in [0.25, 0.3) is 0 Å². The van der Waals surface area contributed by atoms with E-state index in [1.54, 1.807) is 27.7 Å². The van der Waals surface area contributed by atoms with Crippen LogP contribution in [0, 0.1) is 0 Å². The monoisotopic (exact) mass is 380 g/mol. The summed E-state index contributed by atoms with van der Waals surface area (Å²) in [5, 5.41) is 10.0. The molecule has 2 heterocycles. The smallest absolute Gasteiger partial charge is 0.348 e. The van der Waals surface area contributed by atoms with Crippen LogP contribution in [0.4, 0.5) is 0 Å². The Morgan fingerprint density at radius 3 is 1.67 bits per heavy atom. The quantitative estimate of drug-likeness (QED) is 0.426. The Labute approximate surface area is 157 Å². The maximum Gasteiger partial charge on any atom is 0.348 e. The summed E-state index contributed by atoms with van der Waals surface area (Å²) in [4.78, 5) is 36.4. The molecule has 0 amide bonds. The highest BCUT2D eigenvalue weighted by Crippen LogP contribution is 2.32. The fourth-order valence-electron chi connectivity index (χ4n) is 2.71. The lowest BCUT2D eigenvalue weighted by Gasteiger charge is -2.35. The summed E-state index contributed by atoms with van der Waals surface area (Å²) < 4.78 is 21.1. The zero-order valence-electron chi connectivity index (χ0n) is 15.9. The highest BCUT2D eigenvalue weighted by molar-refractivity contribution is 6.15. The van der Waals surface area contributed by atoms with E-state index in [1.165, 1.54) is 12.2 Å². The van der Waals surface area contributed by atoms with Crippen LogP contribution in [0.1, 0.15) is 53.4 Å². The van der Waals surface area contributed by atoms with E-state index in [0.717, 1.165) is 6.08 Å². The van der Waals surface area contributed by atoms with E-state index in [-0.39, 0.29) is 11.1 Å². The molecule has 0 aromatic rings. The highest BCUT2D eigenvalue weighted by atomic mass is 16.8. The standard InChI is InChI=1S/C19H24O8/c1-5-18(6-2)24-14(20)12(15(21)25-18)10-9-11-13-16(22)26-19(7-3,8-4)27-17(13)23/h9-11,20H,5-8H2,1-4H3/b10-9+. The molecule has 0 bridgehead atoms. The first kappa shape index (κ1) is 20.5. The van der Waals surface area contributed by atoms with Crippen molar-refractivity contribution in [3.63, 3.8) is 0 Å². The van der Waals surface area contributed by atoms with E-state index < -0.39 is 35.4 Å². The molecule has 0 aliphatic carbocycles. The van der Waals surface area contributed by atoms with Crippen molar-refractivity contribution in [2.75, 3.05) is 0 Å². The van der Waals surface area contributed by atoms with E-state index in [1.807, 2.05) is 0 Å². The average molecular weight is 380 g/mol. The van der Waals surface area contributed by atoms with Gasteiger partial charge in [0.1, 0.15) is 11.1 Å². The Kier molecular flexibility index (Phi) is 5.98. The van der Waals surface area contributed by atoms with Crippen molar-refractivity contribution in [2.24, 2.45) is 0 Å². The average Bonchev–Trinajstić information content (AvgIpc) is 2.65. The molecule has 2 aliphatic rings. The van der Waals surface area contributed by atoms with Gasteiger partial charge in [-0.25, -0.2) is 14.4 Å². The maximum atomic E-state index is 12.1. The molecule has 148 valence electrons. The van der Waals surface area contributed by atoms with Crippen molar-refractivity contribution < 1.29 is 38.4 Å². The third-order valence-corrected chi connectivity index (χ3v) is 4.69. The molecule has 2 aliphatic heterocycles. The number of hydrogen-bond donors (Lipinski definition) is 1. The third-order valence-electron chi connectivity index (χ3n) is 4.69. The van der Waals surface area contributed by atoms with Crippen LogP contribution >= 0.6 is 0 Å². The first-order valence-electron chi connectivity index (χ1n) is 8.96. The summed E-state index contributed by atoms with van der Waals surface area (Å²) in [6.07, 6.45) is 4.99. The minimum Gasteiger partial charge on any atom is -0.480 e. The molecule has 0 aromatic heterocycles. The fourth-order valence-corrected chi connectivity index (χ4v) is 2.71. The van der Waals surface area contributed by atoms with Gasteiger partial charge < -0.3 is 24.1 Å². The van der Waals surface area contributed by atoms with Crippen molar-refractivity contribution in [2.45, 2.75) is 65.0 Å². The van der Waals surface area contributed by atoms with Gasteiger partial charge in [0, 0.05) is 25.7 Å². The number of rotatable bonds is 6. The second-order valence-corrected chi connectivity index (χ2v) is 6.16. The van der Waals surface area contributed by atoms with Crippen LogP contribution in [-0.2, 0) is 33.3 Å². The summed E-state index contributed by atoms with van der Waals surface area (Å²) in [5.74, 6) is -5.40. The Balaban J connectivity index is 2.20. The minimum atomic E-state index is -1.25. The number of aliphatic hydroxyl groups excluding tert-OH is 1. The maximum absolute atomic E-state index is 12.1. The second kappa shape index (κ2) is 7.85. The van der Waals surface area contributed by atoms with Crippen molar-refractivity contribution in [1.82, 2.24) is 0 Å². The summed E-state index contributed by atoms with van der Waals surface area (Å²) in [6, 6.07) is 0. The number of carbonyl (C=O) groups excluding carboxylic acids is 3. The molecule has 0 radical (unpaired) electrons. The van der Waals surface area contributed by atoms with E-state index >= 15 is 0 Å². The number of aliphatic hydroxyl groups is 1. The molecule has 2 rings (SSSR count). The van der Waals surface area contributed by atoms with Crippen molar-refractivity contribution in [3.8, 4) is 0 Å². The lowest BCUT2D eigenvalue weighted by atomic mass is 10.1. The largest absolute Gasteiger partial charge is 0.480 e. The van der Waals surface area contributed by atoms with Gasteiger partial charge in [-0.1, -0.05) is 33.8 Å². The van der Waals surface area contributed by atoms with Crippen LogP contribution in [0.15, 0.2) is 35.3 Å². The van der Waals surface area contributed by atoms with Crippen molar-refractivity contribution in [3.05, 3.63) is 35.3 Å². The number of esters is 3. The highest BCUT2D eigenvalue weighted by Gasteiger charge is 2.43. The summed E-state index contributed by atoms with van der Waals surface area (Å²) in [6.45, 7) is 7.02. The molecule has 1 saturated heterocycles. The summed E-state index contributed by atoms with van der Waals surface area (Å²) in [7, 11) is 0. The molecular weight excluding hydrogens is 356 g/mol. The van der Waals surface area contributed by atoms with Crippen molar-refractivity contribution >= 4 is 17.9 Å². The van der Waals surface area contributed by atoms with Crippen LogP contribution in [0.3, 0.4) is 0 Å². The Bertz CT molecular complexity index is 698. The predicted octanol–water partition coefficient (Wildman–Crippen LogP) is 2.94. The number of allylic oxidation sites excluding steroid dienone is 2. The molecular formula is C19H24O8. The van der Waals surface area contributed by atoms with Gasteiger partial charge >= 0.3 is 17.9 Å². The topological polar surface area (TPSA) is 108 Å². The molecule has 8 nitrogen and oxygen atoms in total. The van der Waals surface area contributed by atoms with Gasteiger partial charge in [0.15, 0.2) is 0 Å². The SMILES string of the molecule is CCC1(CC)OC(=O)C(=C/C=C/C2=C(O)OC(CC)(CC)OC2=O)C(=O)O1. The Hall–Kier alpha value is -2.77. The minimum absolute atomic E-state index is 0.224. The van der Waals surface area contributed by atoms with Crippen LogP contribution in [0.5, 0.6) is 0 Å². The number of ether oxygens (including phenoxy) is 4. The second-order valence-electron chi connectivity index (χ2n) is 6.16. The van der Waals surface area contributed by atoms with Gasteiger partial charge in [-0.3, -0.25) is 0 Å². The van der Waals surface area contributed by atoms with E-state index in [0.29, 0.717) is 25.7 Å². The van der Waals surface area contributed by atoms with Gasteiger partial charge in [-0.2, -0.15) is 0 Å². The lowest BCUT2D eigenvalue weighted by Crippen LogP contribution is -2.45. The van der Waals surface area contributed by atoms with Crippen molar-refractivity contribution in [1.29, 1.82) is 0 Å². The lowest BCUT2D eigenvalue weighted by molar-refractivity contribution is -0.240. The normalized spacial score (nSPS) is 21.5. The number of hydrogen-bond acceptors (Lipinski definition) is 8. The summed E-state index contributed by atoms with van der Waals surface area (Å²) >= 11 is 0. The first-order valence-corrected chi connectivity index (χ1v) is 8.96. The van der Waals surface area contributed by atoms with E-state index in [9.17, 15) is 19.5 Å². The van der Waals surface area contributed by atoms with Crippen LogP contribution in [-0.4, -0.2) is 34.6 Å². The van der Waals surface area contributed by atoms with Gasteiger partial charge in [0.05, 0.1) is 0 Å². The van der Waals surface area contributed by atoms with Crippen LogP contribution in [0.2, 0.25) is 0 Å². The van der Waals surface area contributed by atoms with Gasteiger partial charge in [-0.05, 0) is 12.2 Å². The molecule has 27 heavy (non-hydrogen) atoms. The number of carbonyl (C=O) groups is 3. The summed E-state index contributed by atoms with van der Waals surface area (Å²) in [5.41, 5.74) is -0.538. The molecule has 0 saturated carbocycles. The molecule has 1 N–H and O–H groups in total. The van der Waals surface area contributed by atoms with E-state index in [4.69, 9.17) is 18.9 Å². The first-order chi connectivity index (χ1) is 12.7. The Morgan fingerprint density at radius 1 is 0.778 bits per heavy atom. The molecule has 1 fully saturated rings. The molecule has 0 aromatic carbocycles. The fraction of sp³-hybridized carbons (Fsp3) is 0.526. The van der Waals surface area contributed by atoms with Gasteiger partial charge in [0.25, 0.3) is 17.5 Å². The zero-order valence-corrected chi connectivity index (χ0v) is 15.9. The van der Waals surface area contributed by atoms with E-state index in [2.05, 4.69) is 0 Å².